The Balaban J connectivity index is 1.78. The lowest BCUT2D eigenvalue weighted by Crippen LogP contribution is -1.73. The van der Waals surface area contributed by atoms with Crippen molar-refractivity contribution in [1.29, 1.82) is 0 Å². The fourth-order valence-electron chi connectivity index (χ4n) is 1.80. The maximum absolute atomic E-state index is 9.65. The van der Waals surface area contributed by atoms with E-state index in [9.17, 15) is 5.11 Å². The van der Waals surface area contributed by atoms with Crippen LogP contribution in [-0.2, 0) is 0 Å². The highest BCUT2D eigenvalue weighted by molar-refractivity contribution is 5.78. The van der Waals surface area contributed by atoms with E-state index < -0.39 is 0 Å². The fraction of sp³-hybridized carbons (Fsp3) is 0. The summed E-state index contributed by atoms with van der Waals surface area (Å²) in [4.78, 5) is 4.31. The Kier molecular flexibility index (Phi) is 4.06. The number of para-hydroxylation sites is 1. The highest BCUT2D eigenvalue weighted by Gasteiger charge is 1.98. The number of rotatable bonds is 4. The molecule has 22 heavy (non-hydrogen) atoms. The van der Waals surface area contributed by atoms with E-state index >= 15 is 0 Å². The van der Waals surface area contributed by atoms with Crippen LogP contribution in [0.4, 0.5) is 17.1 Å². The number of aliphatic imine (C=N–C) groups is 1. The topological polar surface area (TPSA) is 70.5 Å². The molecule has 0 spiro atoms. The van der Waals surface area contributed by atoms with E-state index in [4.69, 9.17) is 4.42 Å². The minimum Gasteiger partial charge on any atom is -0.506 e. The van der Waals surface area contributed by atoms with Crippen LogP contribution in [0.25, 0.3) is 0 Å². The molecule has 1 N–H and O–H groups in total. The van der Waals surface area contributed by atoms with Crippen LogP contribution >= 0.6 is 0 Å². The molecular formula is C17H13N3O2. The second kappa shape index (κ2) is 6.49. The van der Waals surface area contributed by atoms with Crippen LogP contribution in [-0.4, -0.2) is 11.3 Å². The van der Waals surface area contributed by atoms with Crippen molar-refractivity contribution in [1.82, 2.24) is 0 Å². The number of azo groups is 1. The van der Waals surface area contributed by atoms with Gasteiger partial charge in [-0.15, -0.1) is 5.11 Å². The van der Waals surface area contributed by atoms with Gasteiger partial charge < -0.3 is 9.52 Å². The molecule has 3 rings (SSSR count). The van der Waals surface area contributed by atoms with Gasteiger partial charge in [-0.2, -0.15) is 5.11 Å². The van der Waals surface area contributed by atoms with Crippen LogP contribution in [0.2, 0.25) is 0 Å². The molecule has 0 aliphatic heterocycles. The fourth-order valence-corrected chi connectivity index (χ4v) is 1.80. The van der Waals surface area contributed by atoms with E-state index in [1.165, 1.54) is 0 Å². The van der Waals surface area contributed by atoms with Gasteiger partial charge in [-0.1, -0.05) is 18.2 Å². The summed E-state index contributed by atoms with van der Waals surface area (Å²) in [5.74, 6) is 0.777. The predicted octanol–water partition coefficient (Wildman–Crippen LogP) is 5.15. The lowest BCUT2D eigenvalue weighted by Gasteiger charge is -1.97. The van der Waals surface area contributed by atoms with Gasteiger partial charge in [-0.25, -0.2) is 0 Å². The Morgan fingerprint density at radius 2 is 1.73 bits per heavy atom. The van der Waals surface area contributed by atoms with Crippen LogP contribution in [0.15, 0.2) is 86.6 Å². The summed E-state index contributed by atoms with van der Waals surface area (Å²) in [7, 11) is 0. The molecule has 5 nitrogen and oxygen atoms in total. The first kappa shape index (κ1) is 13.8. The van der Waals surface area contributed by atoms with Crippen molar-refractivity contribution in [2.24, 2.45) is 15.2 Å². The summed E-state index contributed by atoms with van der Waals surface area (Å²) in [6.07, 6.45) is 3.23. The number of hydrogen-bond donors (Lipinski definition) is 1. The standard InChI is InChI=1S/C17H13N3O2/c21-17-9-2-1-8-16(17)20-19-14-6-3-5-13(11-14)18-12-15-7-4-10-22-15/h1-12,21H. The van der Waals surface area contributed by atoms with Crippen molar-refractivity contribution in [3.8, 4) is 5.75 Å². The van der Waals surface area contributed by atoms with Crippen LogP contribution in [0, 0.1) is 0 Å². The molecule has 0 aliphatic carbocycles. The number of aromatic hydroxyl groups is 1. The summed E-state index contributed by atoms with van der Waals surface area (Å²) < 4.78 is 5.18. The summed E-state index contributed by atoms with van der Waals surface area (Å²) in [5.41, 5.74) is 1.81. The minimum absolute atomic E-state index is 0.0956. The summed E-state index contributed by atoms with van der Waals surface area (Å²) >= 11 is 0. The van der Waals surface area contributed by atoms with Gasteiger partial charge in [0.1, 0.15) is 17.2 Å². The Morgan fingerprint density at radius 3 is 2.55 bits per heavy atom. The Hall–Kier alpha value is -3.21. The van der Waals surface area contributed by atoms with E-state index in [-0.39, 0.29) is 5.75 Å². The van der Waals surface area contributed by atoms with E-state index in [2.05, 4.69) is 15.2 Å². The second-order valence-electron chi connectivity index (χ2n) is 4.48. The highest BCUT2D eigenvalue weighted by Crippen LogP contribution is 2.28. The van der Waals surface area contributed by atoms with Gasteiger partial charge in [-0.3, -0.25) is 4.99 Å². The van der Waals surface area contributed by atoms with Crippen molar-refractivity contribution < 1.29 is 9.52 Å². The number of furan rings is 1. The van der Waals surface area contributed by atoms with E-state index in [0.29, 0.717) is 17.1 Å². The monoisotopic (exact) mass is 291 g/mol. The highest BCUT2D eigenvalue weighted by atomic mass is 16.3. The van der Waals surface area contributed by atoms with Gasteiger partial charge >= 0.3 is 0 Å². The third-order valence-electron chi connectivity index (χ3n) is 2.87. The molecule has 1 heterocycles. The van der Waals surface area contributed by atoms with Crippen molar-refractivity contribution in [2.45, 2.75) is 0 Å². The second-order valence-corrected chi connectivity index (χ2v) is 4.48. The Morgan fingerprint density at radius 1 is 0.864 bits per heavy atom. The maximum Gasteiger partial charge on any atom is 0.144 e. The molecule has 0 aliphatic rings. The lowest BCUT2D eigenvalue weighted by molar-refractivity contribution is 0.476. The molecule has 2 aromatic carbocycles. The lowest BCUT2D eigenvalue weighted by atomic mass is 10.3. The van der Waals surface area contributed by atoms with Crippen LogP contribution in [0.3, 0.4) is 0 Å². The third kappa shape index (κ3) is 3.46. The molecule has 0 saturated heterocycles. The summed E-state index contributed by atoms with van der Waals surface area (Å²) in [5, 5.41) is 17.8. The third-order valence-corrected chi connectivity index (χ3v) is 2.87. The summed E-state index contributed by atoms with van der Waals surface area (Å²) in [6.45, 7) is 0. The SMILES string of the molecule is Oc1ccccc1N=Nc1cccc(N=Cc2ccco2)c1. The average molecular weight is 291 g/mol. The molecule has 1 aromatic heterocycles. The van der Waals surface area contributed by atoms with Gasteiger partial charge in [0, 0.05) is 0 Å². The first-order chi connectivity index (χ1) is 10.8. The molecule has 3 aromatic rings. The maximum atomic E-state index is 9.65. The number of phenolic OH excluding ortho intramolecular Hbond substituents is 1. The van der Waals surface area contributed by atoms with Gasteiger partial charge in [0.25, 0.3) is 0 Å². The largest absolute Gasteiger partial charge is 0.506 e. The van der Waals surface area contributed by atoms with E-state index in [0.717, 1.165) is 5.69 Å². The molecule has 108 valence electrons. The molecule has 0 fully saturated rings. The molecule has 0 unspecified atom stereocenters. The number of phenols is 1. The number of nitrogens with zero attached hydrogens (tertiary/aromatic N) is 3. The zero-order valence-electron chi connectivity index (χ0n) is 11.6. The van der Waals surface area contributed by atoms with E-state index in [1.54, 1.807) is 48.9 Å². The van der Waals surface area contributed by atoms with Crippen LogP contribution in [0.5, 0.6) is 5.75 Å². The van der Waals surface area contributed by atoms with Crippen molar-refractivity contribution in [3.63, 3.8) is 0 Å². The minimum atomic E-state index is 0.0956. The Bertz CT molecular complexity index is 808. The molecule has 0 atom stereocenters. The van der Waals surface area contributed by atoms with Crippen molar-refractivity contribution in [2.75, 3.05) is 0 Å². The van der Waals surface area contributed by atoms with Crippen molar-refractivity contribution >= 4 is 23.3 Å². The first-order valence-corrected chi connectivity index (χ1v) is 6.69. The van der Waals surface area contributed by atoms with Gasteiger partial charge in [0.15, 0.2) is 0 Å². The first-order valence-electron chi connectivity index (χ1n) is 6.69. The molecule has 0 amide bonds. The Labute approximate surface area is 127 Å². The quantitative estimate of drug-likeness (QED) is 0.533. The van der Waals surface area contributed by atoms with Gasteiger partial charge in [-0.05, 0) is 42.5 Å². The molecule has 0 saturated carbocycles. The number of hydrogen-bond acceptors (Lipinski definition) is 5. The van der Waals surface area contributed by atoms with Gasteiger partial charge in [0.2, 0.25) is 0 Å². The smallest absolute Gasteiger partial charge is 0.144 e. The predicted molar refractivity (Wildman–Crippen MR) is 84.7 cm³/mol. The molecule has 0 radical (unpaired) electrons. The molecular weight excluding hydrogens is 278 g/mol. The average Bonchev–Trinajstić information content (AvgIpc) is 3.06. The van der Waals surface area contributed by atoms with E-state index in [1.807, 2.05) is 24.3 Å². The summed E-state index contributed by atoms with van der Waals surface area (Å²) in [6, 6.07) is 17.7. The van der Waals surface area contributed by atoms with Crippen molar-refractivity contribution in [3.05, 3.63) is 72.7 Å². The normalized spacial score (nSPS) is 11.5. The number of benzene rings is 2. The van der Waals surface area contributed by atoms with Crippen LogP contribution < -0.4 is 0 Å². The zero-order valence-corrected chi connectivity index (χ0v) is 11.6. The van der Waals surface area contributed by atoms with Gasteiger partial charge in [0.05, 0.1) is 23.9 Å². The molecule has 5 heteroatoms. The molecule has 0 bridgehead atoms. The van der Waals surface area contributed by atoms with Crippen LogP contribution in [0.1, 0.15) is 5.76 Å². The zero-order chi connectivity index (χ0) is 15.2.